The van der Waals surface area contributed by atoms with Crippen LogP contribution in [0, 0.1) is 12.7 Å². The van der Waals surface area contributed by atoms with Crippen LogP contribution in [0.1, 0.15) is 21.6 Å². The van der Waals surface area contributed by atoms with E-state index >= 15 is 0 Å². The Morgan fingerprint density at radius 3 is 2.36 bits per heavy atom. The highest BCUT2D eigenvalue weighted by Gasteiger charge is 2.27. The minimum absolute atomic E-state index is 0.120. The Morgan fingerprint density at radius 2 is 1.73 bits per heavy atom. The fraction of sp³-hybridized carbons (Fsp3) is 0.227. The van der Waals surface area contributed by atoms with Crippen LogP contribution in [-0.2, 0) is 20.9 Å². The van der Waals surface area contributed by atoms with Crippen LogP contribution in [0.2, 0.25) is 0 Å². The number of esters is 1. The number of carbonyl (C=O) groups is 2. The fourth-order valence-corrected chi connectivity index (χ4v) is 2.78. The first kappa shape index (κ1) is 23.9. The van der Waals surface area contributed by atoms with Gasteiger partial charge in [0.25, 0.3) is 5.91 Å². The summed E-state index contributed by atoms with van der Waals surface area (Å²) in [4.78, 5) is 24.4. The fourth-order valence-electron chi connectivity index (χ4n) is 2.78. The number of anilines is 1. The highest BCUT2D eigenvalue weighted by molar-refractivity contribution is 5.95. The smallest absolute Gasteiger partial charge is 0.411 e. The van der Waals surface area contributed by atoms with Gasteiger partial charge in [0.1, 0.15) is 18.2 Å². The van der Waals surface area contributed by atoms with Crippen molar-refractivity contribution in [2.75, 3.05) is 18.5 Å². The molecule has 0 aliphatic heterocycles. The van der Waals surface area contributed by atoms with Crippen LogP contribution >= 0.6 is 0 Å². The zero-order chi connectivity index (χ0) is 24.0. The molecule has 1 heterocycles. The molecule has 0 aliphatic rings. The van der Waals surface area contributed by atoms with Gasteiger partial charge in [0, 0.05) is 6.07 Å². The zero-order valence-electron chi connectivity index (χ0n) is 17.4. The molecular formula is C22H19F4N3O4. The number of nitrogens with zero attached hydrogens (tertiary/aromatic N) is 2. The number of rotatable bonds is 8. The van der Waals surface area contributed by atoms with E-state index in [0.717, 1.165) is 0 Å². The largest absolute Gasteiger partial charge is 0.452 e. The van der Waals surface area contributed by atoms with Gasteiger partial charge in [-0.05, 0) is 48.9 Å². The van der Waals surface area contributed by atoms with E-state index in [4.69, 9.17) is 4.74 Å². The molecule has 1 aromatic heterocycles. The number of halogens is 4. The molecule has 0 bridgehead atoms. The minimum Gasteiger partial charge on any atom is -0.452 e. The second kappa shape index (κ2) is 10.3. The zero-order valence-corrected chi connectivity index (χ0v) is 17.4. The summed E-state index contributed by atoms with van der Waals surface area (Å²) in [6, 6.07) is 12.7. The molecule has 0 unspecified atom stereocenters. The lowest BCUT2D eigenvalue weighted by atomic mass is 10.1. The van der Waals surface area contributed by atoms with Crippen LogP contribution < -0.4 is 5.32 Å². The van der Waals surface area contributed by atoms with Gasteiger partial charge in [0.05, 0.1) is 23.6 Å². The maximum absolute atomic E-state index is 13.2. The molecule has 0 saturated heterocycles. The summed E-state index contributed by atoms with van der Waals surface area (Å²) in [6.07, 6.45) is -4.42. The maximum atomic E-state index is 13.2. The summed E-state index contributed by atoms with van der Waals surface area (Å²) < 4.78 is 60.4. The van der Waals surface area contributed by atoms with Gasteiger partial charge in [-0.15, -0.1) is 0 Å². The maximum Gasteiger partial charge on any atom is 0.411 e. The quantitative estimate of drug-likeness (QED) is 0.399. The topological polar surface area (TPSA) is 82.5 Å². The van der Waals surface area contributed by atoms with Gasteiger partial charge in [-0.3, -0.25) is 4.79 Å². The molecule has 33 heavy (non-hydrogen) atoms. The molecule has 1 N–H and O–H groups in total. The van der Waals surface area contributed by atoms with E-state index in [1.165, 1.54) is 53.2 Å². The van der Waals surface area contributed by atoms with E-state index in [9.17, 15) is 27.2 Å². The Kier molecular flexibility index (Phi) is 7.44. The van der Waals surface area contributed by atoms with Crippen molar-refractivity contribution in [1.29, 1.82) is 0 Å². The minimum atomic E-state index is -4.42. The third-order valence-corrected chi connectivity index (χ3v) is 4.23. The Morgan fingerprint density at radius 1 is 1.06 bits per heavy atom. The van der Waals surface area contributed by atoms with Crippen molar-refractivity contribution < 1.29 is 36.6 Å². The van der Waals surface area contributed by atoms with Gasteiger partial charge in [-0.1, -0.05) is 12.1 Å². The highest BCUT2D eigenvalue weighted by Crippen LogP contribution is 2.18. The van der Waals surface area contributed by atoms with Crippen molar-refractivity contribution in [1.82, 2.24) is 9.78 Å². The van der Waals surface area contributed by atoms with Crippen LogP contribution in [0.5, 0.6) is 0 Å². The summed E-state index contributed by atoms with van der Waals surface area (Å²) in [7, 11) is 0. The number of amides is 1. The van der Waals surface area contributed by atoms with Crippen LogP contribution in [0.3, 0.4) is 0 Å². The lowest BCUT2D eigenvalue weighted by molar-refractivity contribution is -0.176. The number of hydrogen-bond donors (Lipinski definition) is 1. The monoisotopic (exact) mass is 465 g/mol. The summed E-state index contributed by atoms with van der Waals surface area (Å²) in [5, 5.41) is 6.83. The molecule has 3 aromatic rings. The first-order chi connectivity index (χ1) is 15.6. The molecule has 0 spiro atoms. The molecule has 11 heteroatoms. The van der Waals surface area contributed by atoms with Gasteiger partial charge in [-0.25, -0.2) is 13.9 Å². The average Bonchev–Trinajstić information content (AvgIpc) is 3.12. The van der Waals surface area contributed by atoms with Gasteiger partial charge in [0.15, 0.2) is 6.61 Å². The Balaban J connectivity index is 1.53. The molecule has 7 nitrogen and oxygen atoms in total. The molecule has 2 aromatic carbocycles. The van der Waals surface area contributed by atoms with Crippen LogP contribution in [0.4, 0.5) is 23.4 Å². The number of hydrogen-bond acceptors (Lipinski definition) is 5. The SMILES string of the molecule is Cc1cc(NC(=O)COC(=O)c2ccc(COCC(F)(F)F)cc2)n(-c2ccc(F)cc2)n1. The Labute approximate surface area is 185 Å². The van der Waals surface area contributed by atoms with Crippen LogP contribution in [0.25, 0.3) is 5.69 Å². The van der Waals surface area contributed by atoms with E-state index in [1.807, 2.05) is 0 Å². The number of benzene rings is 2. The van der Waals surface area contributed by atoms with E-state index < -0.39 is 37.1 Å². The molecular weight excluding hydrogens is 446 g/mol. The van der Waals surface area contributed by atoms with Crippen molar-refractivity contribution in [3.63, 3.8) is 0 Å². The number of nitrogens with one attached hydrogen (secondary N) is 1. The van der Waals surface area contributed by atoms with Crippen LogP contribution in [0.15, 0.2) is 54.6 Å². The van der Waals surface area contributed by atoms with Gasteiger partial charge in [-0.2, -0.15) is 18.3 Å². The molecule has 0 aliphatic carbocycles. The van der Waals surface area contributed by atoms with E-state index in [1.54, 1.807) is 13.0 Å². The molecule has 0 radical (unpaired) electrons. The second-order valence-corrected chi connectivity index (χ2v) is 6.99. The summed E-state index contributed by atoms with van der Waals surface area (Å²) in [5.41, 5.74) is 1.69. The summed E-state index contributed by atoms with van der Waals surface area (Å²) in [5.74, 6) is -1.51. The van der Waals surface area contributed by atoms with Crippen molar-refractivity contribution in [3.05, 3.63) is 77.2 Å². The average molecular weight is 465 g/mol. The van der Waals surface area contributed by atoms with Crippen molar-refractivity contribution in [3.8, 4) is 5.69 Å². The highest BCUT2D eigenvalue weighted by atomic mass is 19.4. The van der Waals surface area contributed by atoms with Gasteiger partial charge < -0.3 is 14.8 Å². The van der Waals surface area contributed by atoms with Crippen molar-refractivity contribution >= 4 is 17.7 Å². The van der Waals surface area contributed by atoms with Gasteiger partial charge >= 0.3 is 12.1 Å². The summed E-state index contributed by atoms with van der Waals surface area (Å²) in [6.45, 7) is -0.500. The lowest BCUT2D eigenvalue weighted by Crippen LogP contribution is -2.22. The number of aromatic nitrogens is 2. The normalized spacial score (nSPS) is 11.3. The molecule has 0 atom stereocenters. The van der Waals surface area contributed by atoms with Gasteiger partial charge in [0.2, 0.25) is 0 Å². The molecule has 0 saturated carbocycles. The number of alkyl halides is 3. The third-order valence-electron chi connectivity index (χ3n) is 4.23. The molecule has 174 valence electrons. The lowest BCUT2D eigenvalue weighted by Gasteiger charge is -2.10. The Bertz CT molecular complexity index is 1110. The molecule has 1 amide bonds. The second-order valence-electron chi connectivity index (χ2n) is 6.99. The van der Waals surface area contributed by atoms with Crippen LogP contribution in [-0.4, -0.2) is 41.0 Å². The van der Waals surface area contributed by atoms with E-state index in [0.29, 0.717) is 22.8 Å². The molecule has 3 rings (SSSR count). The van der Waals surface area contributed by atoms with E-state index in [2.05, 4.69) is 15.2 Å². The van der Waals surface area contributed by atoms with E-state index in [-0.39, 0.29) is 12.2 Å². The van der Waals surface area contributed by atoms with Crippen molar-refractivity contribution in [2.24, 2.45) is 0 Å². The first-order valence-corrected chi connectivity index (χ1v) is 9.64. The number of ether oxygens (including phenoxy) is 2. The predicted octanol–water partition coefficient (Wildman–Crippen LogP) is 4.19. The number of aryl methyl sites for hydroxylation is 1. The summed E-state index contributed by atoms with van der Waals surface area (Å²) >= 11 is 0. The standard InChI is InChI=1S/C22H19F4N3O4/c1-14-10-19(29(28-14)18-8-6-17(23)7-9-18)27-20(30)12-33-21(31)16-4-2-15(3-5-16)11-32-13-22(24,25)26/h2-10H,11-13H2,1H3,(H,27,30). The van der Waals surface area contributed by atoms with Crippen molar-refractivity contribution in [2.45, 2.75) is 19.7 Å². The first-order valence-electron chi connectivity index (χ1n) is 9.64. The Hall–Kier alpha value is -3.73. The number of carbonyl (C=O) groups excluding carboxylic acids is 2. The third kappa shape index (κ3) is 7.14. The molecule has 0 fully saturated rings. The predicted molar refractivity (Wildman–Crippen MR) is 109 cm³/mol.